The molecule has 3 aliphatic carbocycles. The van der Waals surface area contributed by atoms with Crippen molar-refractivity contribution < 1.29 is 27.4 Å². The van der Waals surface area contributed by atoms with Crippen LogP contribution in [0.2, 0.25) is 0 Å². The Kier molecular flexibility index (Phi) is 5.64. The van der Waals surface area contributed by atoms with Gasteiger partial charge in [-0.1, -0.05) is 0 Å². The van der Waals surface area contributed by atoms with E-state index in [0.29, 0.717) is 18.0 Å². The summed E-state index contributed by atoms with van der Waals surface area (Å²) in [5.41, 5.74) is 0.471. The molecule has 5 rings (SSSR count). The third-order valence-electron chi connectivity index (χ3n) is 7.85. The minimum atomic E-state index is -3.47. The molecule has 4 aliphatic rings. The zero-order valence-corrected chi connectivity index (χ0v) is 19.7. The Hall–Kier alpha value is -1.85. The second-order valence-corrected chi connectivity index (χ2v) is 12.1. The van der Waals surface area contributed by atoms with Crippen LogP contribution in [0.3, 0.4) is 0 Å². The minimum Gasteiger partial charge on any atom is -0.465 e. The molecule has 1 aromatic rings. The van der Waals surface area contributed by atoms with Gasteiger partial charge in [0.05, 0.1) is 36.9 Å². The fourth-order valence-corrected chi connectivity index (χ4v) is 6.78. The summed E-state index contributed by atoms with van der Waals surface area (Å²) in [5.74, 6) is 1.06. The largest absolute Gasteiger partial charge is 0.465 e. The summed E-state index contributed by atoms with van der Waals surface area (Å²) in [4.78, 5) is 22.1. The summed E-state index contributed by atoms with van der Waals surface area (Å²) >= 11 is 0. The summed E-state index contributed by atoms with van der Waals surface area (Å²) in [5, 5.41) is 9.65. The van der Waals surface area contributed by atoms with Crippen molar-refractivity contribution >= 4 is 16.1 Å². The van der Waals surface area contributed by atoms with E-state index >= 15 is 0 Å². The molecule has 182 valence electrons. The number of amides is 1. The number of rotatable bonds is 7. The topological polar surface area (TPSA) is 122 Å². The molecule has 0 spiro atoms. The number of nitrogens with zero attached hydrogens (tertiary/aromatic N) is 3. The summed E-state index contributed by atoms with van der Waals surface area (Å²) < 4.78 is 46.4. The molecule has 2 N–H and O–H groups in total. The lowest BCUT2D eigenvalue weighted by molar-refractivity contribution is -0.00876. The molecule has 0 radical (unpaired) electrons. The molecule has 3 saturated carbocycles. The van der Waals surface area contributed by atoms with Crippen LogP contribution in [-0.2, 0) is 20.2 Å². The Morgan fingerprint density at radius 1 is 1.36 bits per heavy atom. The lowest BCUT2D eigenvalue weighted by atomic mass is 9.86. The van der Waals surface area contributed by atoms with E-state index in [-0.39, 0.29) is 35.9 Å². The number of aromatic nitrogens is 2. The SMILES string of the molecule is C[C@@H]1C[C@H](NS(C)(=O)=O)[C@H](COC2CCC3(c4ncc(F)c(C5CC5)n4)CC3C2)N1C(=O)O. The van der Waals surface area contributed by atoms with Crippen LogP contribution in [0.4, 0.5) is 9.18 Å². The Labute approximate surface area is 193 Å². The third kappa shape index (κ3) is 4.46. The molecule has 1 saturated heterocycles. The first-order valence-corrected chi connectivity index (χ1v) is 13.6. The quantitative estimate of drug-likeness (QED) is 0.612. The monoisotopic (exact) mass is 482 g/mol. The second-order valence-electron chi connectivity index (χ2n) is 10.3. The van der Waals surface area contributed by atoms with Crippen LogP contribution in [0.15, 0.2) is 6.20 Å². The van der Waals surface area contributed by atoms with E-state index in [1.807, 2.05) is 0 Å². The molecular weight excluding hydrogens is 451 g/mol. The van der Waals surface area contributed by atoms with Gasteiger partial charge in [-0.15, -0.1) is 0 Å². The maximum atomic E-state index is 14.1. The molecule has 4 fully saturated rings. The molecule has 9 nitrogen and oxygen atoms in total. The molecule has 2 heterocycles. The first-order chi connectivity index (χ1) is 15.6. The van der Waals surface area contributed by atoms with Crippen LogP contribution in [-0.4, -0.2) is 71.6 Å². The van der Waals surface area contributed by atoms with E-state index in [2.05, 4.69) is 14.7 Å². The molecule has 6 atom stereocenters. The summed E-state index contributed by atoms with van der Waals surface area (Å²) in [6.45, 7) is 1.93. The molecule has 3 unspecified atom stereocenters. The van der Waals surface area contributed by atoms with E-state index in [9.17, 15) is 22.7 Å². The zero-order chi connectivity index (χ0) is 23.5. The number of hydrogen-bond donors (Lipinski definition) is 2. The van der Waals surface area contributed by atoms with Crippen molar-refractivity contribution in [3.8, 4) is 0 Å². The van der Waals surface area contributed by atoms with Gasteiger partial charge in [0.25, 0.3) is 0 Å². The molecule has 0 bridgehead atoms. The van der Waals surface area contributed by atoms with Crippen LogP contribution < -0.4 is 4.72 Å². The van der Waals surface area contributed by atoms with Gasteiger partial charge in [-0.2, -0.15) is 0 Å². The van der Waals surface area contributed by atoms with Gasteiger partial charge in [-0.25, -0.2) is 32.3 Å². The first kappa shape index (κ1) is 22.9. The number of fused-ring (bicyclic) bond motifs is 1. The summed E-state index contributed by atoms with van der Waals surface area (Å²) in [6.07, 6.45) is 7.11. The molecule has 0 aromatic carbocycles. The highest BCUT2D eigenvalue weighted by Gasteiger charge is 2.60. The van der Waals surface area contributed by atoms with Crippen molar-refractivity contribution in [2.75, 3.05) is 12.9 Å². The van der Waals surface area contributed by atoms with Crippen LogP contribution in [0, 0.1) is 11.7 Å². The van der Waals surface area contributed by atoms with Crippen molar-refractivity contribution in [3.63, 3.8) is 0 Å². The van der Waals surface area contributed by atoms with Gasteiger partial charge in [0.1, 0.15) is 5.82 Å². The van der Waals surface area contributed by atoms with Gasteiger partial charge in [-0.05, 0) is 57.8 Å². The van der Waals surface area contributed by atoms with Crippen LogP contribution in [0.25, 0.3) is 0 Å². The van der Waals surface area contributed by atoms with Crippen LogP contribution in [0.5, 0.6) is 0 Å². The fourth-order valence-electron chi connectivity index (χ4n) is 5.97. The molecule has 1 aromatic heterocycles. The zero-order valence-electron chi connectivity index (χ0n) is 18.9. The normalized spacial score (nSPS) is 36.0. The predicted octanol–water partition coefficient (Wildman–Crippen LogP) is 2.38. The maximum absolute atomic E-state index is 14.1. The predicted molar refractivity (Wildman–Crippen MR) is 117 cm³/mol. The minimum absolute atomic E-state index is 0.0283. The van der Waals surface area contributed by atoms with Gasteiger partial charge in [0, 0.05) is 23.4 Å². The Morgan fingerprint density at radius 2 is 2.12 bits per heavy atom. The van der Waals surface area contributed by atoms with Crippen molar-refractivity contribution in [1.82, 2.24) is 19.6 Å². The number of hydrogen-bond acceptors (Lipinski definition) is 6. The third-order valence-corrected chi connectivity index (χ3v) is 8.58. The van der Waals surface area contributed by atoms with Gasteiger partial charge >= 0.3 is 6.09 Å². The number of halogens is 1. The number of carboxylic acid groups (broad SMARTS) is 1. The lowest BCUT2D eigenvalue weighted by Crippen LogP contribution is -2.50. The highest BCUT2D eigenvalue weighted by molar-refractivity contribution is 7.88. The Morgan fingerprint density at radius 3 is 2.76 bits per heavy atom. The van der Waals surface area contributed by atoms with E-state index in [4.69, 9.17) is 4.74 Å². The fraction of sp³-hybridized carbons (Fsp3) is 0.773. The van der Waals surface area contributed by atoms with Crippen molar-refractivity contribution in [1.29, 1.82) is 0 Å². The van der Waals surface area contributed by atoms with Crippen molar-refractivity contribution in [2.24, 2.45) is 5.92 Å². The smallest absolute Gasteiger partial charge is 0.407 e. The maximum Gasteiger partial charge on any atom is 0.407 e. The highest BCUT2D eigenvalue weighted by Crippen LogP contribution is 2.62. The standard InChI is InChI=1S/C22H31FN4O5S/c1-12-7-17(26-33(2,30)31)18(27(12)21(28)29)11-32-15-5-6-22(9-14(22)8-15)20-24-10-16(23)19(25-20)13-3-4-13/h10,12-15,17-18,26H,3-9,11H2,1-2H3,(H,28,29)/t12-,14?,15?,17+,18+,22?/m1/s1. The Bertz CT molecular complexity index is 1050. The number of carbonyl (C=O) groups is 1. The van der Waals surface area contributed by atoms with E-state index in [1.165, 1.54) is 11.1 Å². The molecule has 11 heteroatoms. The molecule has 1 aliphatic heterocycles. The number of ether oxygens (including phenoxy) is 1. The van der Waals surface area contributed by atoms with Gasteiger partial charge in [0.2, 0.25) is 10.0 Å². The second kappa shape index (κ2) is 8.13. The summed E-state index contributed by atoms with van der Waals surface area (Å²) in [6, 6.07) is -1.38. The van der Waals surface area contributed by atoms with E-state index in [1.54, 1.807) is 6.92 Å². The van der Waals surface area contributed by atoms with Crippen molar-refractivity contribution in [2.45, 2.75) is 87.4 Å². The Balaban J connectivity index is 1.22. The van der Waals surface area contributed by atoms with Crippen LogP contribution in [0.1, 0.15) is 69.3 Å². The average Bonchev–Trinajstić information content (AvgIpc) is 3.63. The lowest BCUT2D eigenvalue weighted by Gasteiger charge is -2.32. The van der Waals surface area contributed by atoms with E-state index < -0.39 is 28.2 Å². The molecular formula is C22H31FN4O5S. The van der Waals surface area contributed by atoms with E-state index in [0.717, 1.165) is 50.6 Å². The van der Waals surface area contributed by atoms with Gasteiger partial charge < -0.3 is 9.84 Å². The average molecular weight is 483 g/mol. The van der Waals surface area contributed by atoms with Crippen molar-refractivity contribution in [3.05, 3.63) is 23.5 Å². The number of sulfonamides is 1. The van der Waals surface area contributed by atoms with Gasteiger partial charge in [0.15, 0.2) is 5.82 Å². The first-order valence-electron chi connectivity index (χ1n) is 11.7. The molecule has 1 amide bonds. The summed E-state index contributed by atoms with van der Waals surface area (Å²) in [7, 11) is -3.47. The molecule has 33 heavy (non-hydrogen) atoms. The van der Waals surface area contributed by atoms with Crippen LogP contribution >= 0.6 is 0 Å². The van der Waals surface area contributed by atoms with Gasteiger partial charge in [-0.3, -0.25) is 4.90 Å². The number of nitrogens with one attached hydrogen (secondary N) is 1. The number of likely N-dealkylation sites (tertiary alicyclic amines) is 1. The highest BCUT2D eigenvalue weighted by atomic mass is 32.2.